The Morgan fingerprint density at radius 1 is 0.973 bits per heavy atom. The molecule has 1 fully saturated rings. The Morgan fingerprint density at radius 2 is 1.89 bits per heavy atom. The average Bonchev–Trinajstić information content (AvgIpc) is 3.74. The van der Waals surface area contributed by atoms with Gasteiger partial charge in [0.1, 0.15) is 5.52 Å². The van der Waals surface area contributed by atoms with Gasteiger partial charge < -0.3 is 10.3 Å². The Hall–Kier alpha value is -4.37. The maximum atomic E-state index is 12.6. The van der Waals surface area contributed by atoms with Crippen molar-refractivity contribution in [3.8, 4) is 33.9 Å². The second kappa shape index (κ2) is 8.94. The number of hydrogen-bond donors (Lipinski definition) is 3. The van der Waals surface area contributed by atoms with E-state index in [1.807, 2.05) is 30.3 Å². The van der Waals surface area contributed by atoms with Gasteiger partial charge in [-0.3, -0.25) is 14.9 Å². The molecule has 3 N–H and O–H groups in total. The third-order valence-corrected chi connectivity index (χ3v) is 7.69. The Kier molecular flexibility index (Phi) is 5.28. The minimum Gasteiger partial charge on any atom is -0.336 e. The number of carbonyl (C=O) groups excluding carboxylic acids is 1. The number of thiophene rings is 1. The summed E-state index contributed by atoms with van der Waals surface area (Å²) < 4.78 is 0. The van der Waals surface area contributed by atoms with Crippen LogP contribution in [0, 0.1) is 5.92 Å². The van der Waals surface area contributed by atoms with Gasteiger partial charge in [-0.1, -0.05) is 25.0 Å². The van der Waals surface area contributed by atoms with E-state index in [0.717, 1.165) is 64.6 Å². The number of amides is 1. The molecule has 9 heteroatoms. The molecule has 1 saturated carbocycles. The van der Waals surface area contributed by atoms with Gasteiger partial charge in [-0.05, 0) is 59.5 Å². The van der Waals surface area contributed by atoms with E-state index >= 15 is 0 Å². The minimum atomic E-state index is 0.0729. The van der Waals surface area contributed by atoms with Crippen LogP contribution < -0.4 is 5.32 Å². The molecular formula is C28H23N7OS. The van der Waals surface area contributed by atoms with Gasteiger partial charge in [0.05, 0.1) is 34.1 Å². The first-order valence-electron chi connectivity index (χ1n) is 12.4. The van der Waals surface area contributed by atoms with Gasteiger partial charge in [0.2, 0.25) is 5.91 Å². The zero-order chi connectivity index (χ0) is 24.8. The zero-order valence-corrected chi connectivity index (χ0v) is 20.7. The fraction of sp³-hybridized carbons (Fsp3) is 0.179. The van der Waals surface area contributed by atoms with Crippen LogP contribution in [0.3, 0.4) is 0 Å². The number of fused-ring (bicyclic) bond motifs is 2. The number of rotatable bonds is 5. The van der Waals surface area contributed by atoms with E-state index in [9.17, 15) is 4.79 Å². The molecule has 1 aliphatic carbocycles. The molecule has 7 rings (SSSR count). The summed E-state index contributed by atoms with van der Waals surface area (Å²) in [5, 5.41) is 14.8. The highest BCUT2D eigenvalue weighted by molar-refractivity contribution is 7.08. The molecule has 6 aromatic rings. The fourth-order valence-corrected chi connectivity index (χ4v) is 5.76. The Labute approximate surface area is 216 Å². The molecule has 0 saturated heterocycles. The fourth-order valence-electron chi connectivity index (χ4n) is 5.10. The van der Waals surface area contributed by atoms with E-state index in [1.165, 1.54) is 0 Å². The number of para-hydroxylation sites is 1. The lowest BCUT2D eigenvalue weighted by Gasteiger charge is -2.11. The minimum absolute atomic E-state index is 0.0729. The molecule has 1 aromatic carbocycles. The van der Waals surface area contributed by atoms with E-state index < -0.39 is 0 Å². The maximum Gasteiger partial charge on any atom is 0.227 e. The van der Waals surface area contributed by atoms with Crippen LogP contribution in [0.4, 0.5) is 5.69 Å². The van der Waals surface area contributed by atoms with Crippen molar-refractivity contribution in [3.05, 3.63) is 65.6 Å². The van der Waals surface area contributed by atoms with Crippen LogP contribution in [0.15, 0.2) is 65.6 Å². The molecule has 0 radical (unpaired) electrons. The van der Waals surface area contributed by atoms with E-state index in [0.29, 0.717) is 22.7 Å². The smallest absolute Gasteiger partial charge is 0.227 e. The lowest BCUT2D eigenvalue weighted by molar-refractivity contribution is -0.119. The molecule has 0 atom stereocenters. The van der Waals surface area contributed by atoms with Gasteiger partial charge in [0.15, 0.2) is 11.5 Å². The van der Waals surface area contributed by atoms with Crippen molar-refractivity contribution in [3.63, 3.8) is 0 Å². The van der Waals surface area contributed by atoms with E-state index in [1.54, 1.807) is 23.7 Å². The van der Waals surface area contributed by atoms with Gasteiger partial charge in [-0.15, -0.1) is 0 Å². The third kappa shape index (κ3) is 3.97. The lowest BCUT2D eigenvalue weighted by Crippen LogP contribution is -2.20. The monoisotopic (exact) mass is 505 g/mol. The van der Waals surface area contributed by atoms with Crippen LogP contribution in [0.2, 0.25) is 0 Å². The molecule has 5 aromatic heterocycles. The first kappa shape index (κ1) is 21.9. The molecule has 8 nitrogen and oxygen atoms in total. The van der Waals surface area contributed by atoms with Crippen molar-refractivity contribution in [2.75, 3.05) is 5.32 Å². The summed E-state index contributed by atoms with van der Waals surface area (Å²) >= 11 is 1.67. The summed E-state index contributed by atoms with van der Waals surface area (Å²) in [6.07, 6.45) is 7.58. The van der Waals surface area contributed by atoms with Crippen LogP contribution in [0.1, 0.15) is 25.7 Å². The number of imidazole rings is 1. The van der Waals surface area contributed by atoms with Crippen molar-refractivity contribution in [2.24, 2.45) is 5.92 Å². The van der Waals surface area contributed by atoms with E-state index in [-0.39, 0.29) is 11.8 Å². The second-order valence-corrected chi connectivity index (χ2v) is 10.2. The normalized spacial score (nSPS) is 14.1. The first-order chi connectivity index (χ1) is 18.2. The van der Waals surface area contributed by atoms with Crippen LogP contribution in [-0.2, 0) is 4.79 Å². The van der Waals surface area contributed by atoms with Gasteiger partial charge in [-0.2, -0.15) is 16.4 Å². The van der Waals surface area contributed by atoms with Crippen molar-refractivity contribution in [1.82, 2.24) is 30.1 Å². The Bertz CT molecular complexity index is 1750. The maximum absolute atomic E-state index is 12.6. The van der Waals surface area contributed by atoms with Crippen molar-refractivity contribution >= 4 is 45.0 Å². The molecule has 1 aliphatic rings. The predicted molar refractivity (Wildman–Crippen MR) is 146 cm³/mol. The van der Waals surface area contributed by atoms with E-state index in [4.69, 9.17) is 9.97 Å². The summed E-state index contributed by atoms with van der Waals surface area (Å²) in [6.45, 7) is 0. The summed E-state index contributed by atoms with van der Waals surface area (Å²) in [7, 11) is 0. The SMILES string of the molecule is O=C(Nc1cncc(-c2ccc3[nH]nc(-c4nc5c(-c6ccsc6)cccc5[nH]4)c3n2)c1)C1CCCC1. The quantitative estimate of drug-likeness (QED) is 0.250. The number of carbonyl (C=O) groups is 1. The molecule has 0 bridgehead atoms. The van der Waals surface area contributed by atoms with Crippen molar-refractivity contribution < 1.29 is 4.79 Å². The summed E-state index contributed by atoms with van der Waals surface area (Å²) in [4.78, 5) is 30.2. The molecule has 0 aliphatic heterocycles. The predicted octanol–water partition coefficient (Wildman–Crippen LogP) is 6.42. The molecule has 0 unspecified atom stereocenters. The number of hydrogen-bond acceptors (Lipinski definition) is 6. The molecule has 5 heterocycles. The number of benzene rings is 1. The van der Waals surface area contributed by atoms with E-state index in [2.05, 4.69) is 48.4 Å². The summed E-state index contributed by atoms with van der Waals surface area (Å²) in [5.41, 5.74) is 8.51. The highest BCUT2D eigenvalue weighted by Gasteiger charge is 2.23. The molecule has 1 amide bonds. The van der Waals surface area contributed by atoms with Crippen LogP contribution >= 0.6 is 11.3 Å². The van der Waals surface area contributed by atoms with Crippen LogP contribution in [0.5, 0.6) is 0 Å². The molecule has 0 spiro atoms. The van der Waals surface area contributed by atoms with Gasteiger partial charge in [-0.25, -0.2) is 9.97 Å². The Morgan fingerprint density at radius 3 is 2.76 bits per heavy atom. The van der Waals surface area contributed by atoms with Crippen molar-refractivity contribution in [1.29, 1.82) is 0 Å². The topological polar surface area (TPSA) is 112 Å². The zero-order valence-electron chi connectivity index (χ0n) is 19.9. The second-order valence-electron chi connectivity index (χ2n) is 9.40. The van der Waals surface area contributed by atoms with Gasteiger partial charge in [0, 0.05) is 23.2 Å². The summed E-state index contributed by atoms with van der Waals surface area (Å²) in [5.74, 6) is 0.823. The number of aromatic amines is 2. The van der Waals surface area contributed by atoms with Gasteiger partial charge >= 0.3 is 0 Å². The number of pyridine rings is 2. The van der Waals surface area contributed by atoms with Crippen LogP contribution in [-0.4, -0.2) is 36.0 Å². The highest BCUT2D eigenvalue weighted by Crippen LogP contribution is 2.33. The third-order valence-electron chi connectivity index (χ3n) is 7.00. The van der Waals surface area contributed by atoms with Gasteiger partial charge in [0.25, 0.3) is 0 Å². The first-order valence-corrected chi connectivity index (χ1v) is 13.3. The Balaban J connectivity index is 1.25. The number of nitrogens with one attached hydrogen (secondary N) is 3. The van der Waals surface area contributed by atoms with Crippen molar-refractivity contribution in [2.45, 2.75) is 25.7 Å². The molecular weight excluding hydrogens is 482 g/mol. The standard InChI is InChI=1S/C28H23N7OS/c36-28(16-4-1-2-5-16)30-19-12-18(13-29-14-19)21-8-9-23-25(31-21)26(35-34-23)27-32-22-7-3-6-20(24(22)33-27)17-10-11-37-15-17/h3,6-16H,1-2,4-5H2,(H,30,36)(H,32,33)(H,34,35). The molecule has 37 heavy (non-hydrogen) atoms. The average molecular weight is 506 g/mol. The number of aromatic nitrogens is 6. The molecule has 182 valence electrons. The number of anilines is 1. The number of H-pyrrole nitrogens is 2. The highest BCUT2D eigenvalue weighted by atomic mass is 32.1. The van der Waals surface area contributed by atoms with Crippen LogP contribution in [0.25, 0.3) is 56.0 Å². The largest absolute Gasteiger partial charge is 0.336 e. The summed E-state index contributed by atoms with van der Waals surface area (Å²) in [6, 6.07) is 14.0. The lowest BCUT2D eigenvalue weighted by atomic mass is 10.1. The number of nitrogens with zero attached hydrogens (tertiary/aromatic N) is 4.